The van der Waals surface area contributed by atoms with E-state index in [2.05, 4.69) is 20.7 Å². The predicted molar refractivity (Wildman–Crippen MR) is 66.6 cm³/mol. The lowest BCUT2D eigenvalue weighted by Crippen LogP contribution is -2.50. The minimum atomic E-state index is -2.68. The molecule has 0 aromatic heterocycles. The molecule has 2 rings (SSSR count). The number of benzene rings is 1. The molecule has 2 nitrogen and oxygen atoms in total. The smallest absolute Gasteiger partial charge is 0.306 e. The molecule has 0 unspecified atom stereocenters. The number of carbonyl (C=O) groups excluding carboxylic acids is 1. The van der Waals surface area contributed by atoms with Crippen molar-refractivity contribution in [1.82, 2.24) is 0 Å². The Hall–Kier alpha value is -0.970. The highest BCUT2D eigenvalue weighted by molar-refractivity contribution is 9.10. The van der Waals surface area contributed by atoms with Crippen LogP contribution in [-0.4, -0.2) is 19.0 Å². The van der Waals surface area contributed by atoms with Crippen LogP contribution in [0.2, 0.25) is 0 Å². The van der Waals surface area contributed by atoms with Gasteiger partial charge in [-0.05, 0) is 17.7 Å². The third-order valence-corrected chi connectivity index (χ3v) is 3.83. The van der Waals surface area contributed by atoms with Crippen molar-refractivity contribution in [2.75, 3.05) is 7.11 Å². The van der Waals surface area contributed by atoms with Gasteiger partial charge in [0.15, 0.2) is 0 Å². The average molecular weight is 319 g/mol. The largest absolute Gasteiger partial charge is 0.469 e. The van der Waals surface area contributed by atoms with E-state index in [4.69, 9.17) is 0 Å². The number of halogens is 3. The van der Waals surface area contributed by atoms with Gasteiger partial charge < -0.3 is 4.74 Å². The van der Waals surface area contributed by atoms with Crippen LogP contribution in [0.1, 0.15) is 24.8 Å². The van der Waals surface area contributed by atoms with Crippen LogP contribution >= 0.6 is 15.9 Å². The molecule has 5 heteroatoms. The van der Waals surface area contributed by atoms with Gasteiger partial charge in [-0.3, -0.25) is 4.79 Å². The first-order valence-electron chi connectivity index (χ1n) is 5.58. The van der Waals surface area contributed by atoms with Crippen LogP contribution in [-0.2, 0) is 14.9 Å². The number of hydrogen-bond acceptors (Lipinski definition) is 2. The van der Waals surface area contributed by atoms with E-state index in [-0.39, 0.29) is 19.3 Å². The van der Waals surface area contributed by atoms with E-state index in [1.54, 1.807) is 18.2 Å². The molecule has 0 spiro atoms. The zero-order valence-electron chi connectivity index (χ0n) is 9.88. The van der Waals surface area contributed by atoms with Crippen LogP contribution < -0.4 is 0 Å². The standard InChI is InChI=1S/C13H13BrF2O2/c1-18-11(17)6-12(7-13(15,16)8-12)9-3-2-4-10(14)5-9/h2-5H,6-8H2,1H3. The molecule has 1 aliphatic rings. The number of methoxy groups -OCH3 is 1. The SMILES string of the molecule is COC(=O)CC1(c2cccc(Br)c2)CC(F)(F)C1. The zero-order valence-corrected chi connectivity index (χ0v) is 11.5. The second-order valence-electron chi connectivity index (χ2n) is 4.75. The molecule has 0 aliphatic heterocycles. The zero-order chi connectivity index (χ0) is 13.4. The summed E-state index contributed by atoms with van der Waals surface area (Å²) in [6.07, 6.45) is -0.605. The summed E-state index contributed by atoms with van der Waals surface area (Å²) in [6, 6.07) is 7.18. The van der Waals surface area contributed by atoms with E-state index in [1.165, 1.54) is 7.11 Å². The summed E-state index contributed by atoms with van der Waals surface area (Å²) in [5.74, 6) is -3.14. The molecule has 1 aliphatic carbocycles. The van der Waals surface area contributed by atoms with Crippen LogP contribution in [0, 0.1) is 0 Å². The predicted octanol–water partition coefficient (Wildman–Crippen LogP) is 3.68. The molecular weight excluding hydrogens is 306 g/mol. The second-order valence-corrected chi connectivity index (χ2v) is 5.67. The van der Waals surface area contributed by atoms with Crippen LogP contribution in [0.4, 0.5) is 8.78 Å². The molecule has 0 atom stereocenters. The first-order valence-corrected chi connectivity index (χ1v) is 6.37. The lowest BCUT2D eigenvalue weighted by atomic mass is 9.60. The van der Waals surface area contributed by atoms with Crippen molar-refractivity contribution in [2.24, 2.45) is 0 Å². The number of alkyl halides is 2. The molecule has 18 heavy (non-hydrogen) atoms. The highest BCUT2D eigenvalue weighted by Gasteiger charge is 2.58. The Balaban J connectivity index is 2.29. The Kier molecular flexibility index (Phi) is 3.45. The third kappa shape index (κ3) is 2.55. The van der Waals surface area contributed by atoms with Crippen molar-refractivity contribution in [3.05, 3.63) is 34.3 Å². The summed E-state index contributed by atoms with van der Waals surface area (Å²) >= 11 is 3.32. The van der Waals surface area contributed by atoms with E-state index >= 15 is 0 Å². The maximum Gasteiger partial charge on any atom is 0.306 e. The molecule has 1 aromatic carbocycles. The Bertz CT molecular complexity index is 466. The summed E-state index contributed by atoms with van der Waals surface area (Å²) < 4.78 is 31.8. The van der Waals surface area contributed by atoms with Gasteiger partial charge in [0, 0.05) is 22.7 Å². The second kappa shape index (κ2) is 4.61. The Labute approximate surface area is 112 Å². The molecule has 0 saturated heterocycles. The van der Waals surface area contributed by atoms with Gasteiger partial charge in [0.05, 0.1) is 13.5 Å². The summed E-state index contributed by atoms with van der Waals surface area (Å²) in [6.45, 7) is 0. The number of esters is 1. The number of carbonyl (C=O) groups is 1. The topological polar surface area (TPSA) is 26.3 Å². The highest BCUT2D eigenvalue weighted by atomic mass is 79.9. The first-order chi connectivity index (χ1) is 8.37. The molecule has 1 fully saturated rings. The van der Waals surface area contributed by atoms with E-state index in [1.807, 2.05) is 6.07 Å². The van der Waals surface area contributed by atoms with Gasteiger partial charge in [-0.1, -0.05) is 28.1 Å². The van der Waals surface area contributed by atoms with E-state index in [0.717, 1.165) is 10.0 Å². The summed E-state index contributed by atoms with van der Waals surface area (Å²) in [4.78, 5) is 11.4. The molecule has 0 bridgehead atoms. The van der Waals surface area contributed by atoms with E-state index in [9.17, 15) is 13.6 Å². The van der Waals surface area contributed by atoms with E-state index in [0.29, 0.717) is 0 Å². The van der Waals surface area contributed by atoms with Gasteiger partial charge in [0.25, 0.3) is 0 Å². The lowest BCUT2D eigenvalue weighted by Gasteiger charge is -2.47. The van der Waals surface area contributed by atoms with Crippen molar-refractivity contribution < 1.29 is 18.3 Å². The van der Waals surface area contributed by atoms with Crippen molar-refractivity contribution in [3.63, 3.8) is 0 Å². The Morgan fingerprint density at radius 1 is 1.44 bits per heavy atom. The summed E-state index contributed by atoms with van der Waals surface area (Å²) in [7, 11) is 1.27. The molecule has 1 aromatic rings. The normalized spacial score (nSPS) is 20.0. The minimum Gasteiger partial charge on any atom is -0.469 e. The maximum absolute atomic E-state index is 13.2. The molecule has 0 radical (unpaired) electrons. The average Bonchev–Trinajstić information content (AvgIpc) is 2.26. The minimum absolute atomic E-state index is 0.00442. The Morgan fingerprint density at radius 3 is 2.61 bits per heavy atom. The fourth-order valence-electron chi connectivity index (χ4n) is 2.54. The van der Waals surface area contributed by atoms with Gasteiger partial charge in [-0.15, -0.1) is 0 Å². The fraction of sp³-hybridized carbons (Fsp3) is 0.462. The van der Waals surface area contributed by atoms with Crippen LogP contribution in [0.15, 0.2) is 28.7 Å². The number of hydrogen-bond donors (Lipinski definition) is 0. The van der Waals surface area contributed by atoms with Crippen molar-refractivity contribution in [3.8, 4) is 0 Å². The monoisotopic (exact) mass is 318 g/mol. The van der Waals surface area contributed by atoms with Gasteiger partial charge in [-0.2, -0.15) is 0 Å². The quantitative estimate of drug-likeness (QED) is 0.795. The fourth-order valence-corrected chi connectivity index (χ4v) is 2.94. The Morgan fingerprint density at radius 2 is 2.11 bits per heavy atom. The van der Waals surface area contributed by atoms with Crippen LogP contribution in [0.3, 0.4) is 0 Å². The molecule has 0 amide bonds. The lowest BCUT2D eigenvalue weighted by molar-refractivity contribution is -0.156. The summed E-state index contributed by atoms with van der Waals surface area (Å²) in [5.41, 5.74) is -0.0337. The summed E-state index contributed by atoms with van der Waals surface area (Å²) in [5, 5.41) is 0. The maximum atomic E-state index is 13.2. The molecular formula is C13H13BrF2O2. The molecule has 98 valence electrons. The van der Waals surface area contributed by atoms with Crippen molar-refractivity contribution in [2.45, 2.75) is 30.6 Å². The van der Waals surface area contributed by atoms with Gasteiger partial charge in [-0.25, -0.2) is 8.78 Å². The molecule has 0 heterocycles. The van der Waals surface area contributed by atoms with Crippen molar-refractivity contribution in [1.29, 1.82) is 0 Å². The van der Waals surface area contributed by atoms with Gasteiger partial charge >= 0.3 is 5.97 Å². The van der Waals surface area contributed by atoms with Gasteiger partial charge in [0.1, 0.15) is 0 Å². The van der Waals surface area contributed by atoms with Crippen LogP contribution in [0.25, 0.3) is 0 Å². The van der Waals surface area contributed by atoms with Crippen molar-refractivity contribution >= 4 is 21.9 Å². The molecule has 0 N–H and O–H groups in total. The first kappa shape index (κ1) is 13.5. The number of rotatable bonds is 3. The number of ether oxygens (including phenoxy) is 1. The van der Waals surface area contributed by atoms with Gasteiger partial charge in [0.2, 0.25) is 5.92 Å². The van der Waals surface area contributed by atoms with E-state index < -0.39 is 17.3 Å². The highest BCUT2D eigenvalue weighted by Crippen LogP contribution is 2.55. The molecule has 1 saturated carbocycles. The van der Waals surface area contributed by atoms with Crippen LogP contribution in [0.5, 0.6) is 0 Å². The third-order valence-electron chi connectivity index (χ3n) is 3.34.